The van der Waals surface area contributed by atoms with Gasteiger partial charge in [0.1, 0.15) is 0 Å². The zero-order valence-corrected chi connectivity index (χ0v) is 12.2. The highest BCUT2D eigenvalue weighted by Crippen LogP contribution is 2.26. The number of nitro groups is 2. The number of hydrogen-bond donors (Lipinski definition) is 0. The molecule has 118 valence electrons. The van der Waals surface area contributed by atoms with Crippen molar-refractivity contribution in [1.29, 1.82) is 0 Å². The number of amides is 1. The standard InChI is InChI=1S/C14H17N3O5/c1-10-3-2-6-15(9-10)14(18)7-11-4-5-12(16(19)20)8-13(11)17(21)22/h4-5,8,10H,2-3,6-7,9H2,1H3. The lowest BCUT2D eigenvalue weighted by atomic mass is 9.99. The number of rotatable bonds is 4. The van der Waals surface area contributed by atoms with Crippen molar-refractivity contribution in [1.82, 2.24) is 4.90 Å². The minimum Gasteiger partial charge on any atom is -0.342 e. The number of likely N-dealkylation sites (tertiary alicyclic amines) is 1. The van der Waals surface area contributed by atoms with Crippen molar-refractivity contribution in [2.24, 2.45) is 5.92 Å². The molecule has 22 heavy (non-hydrogen) atoms. The van der Waals surface area contributed by atoms with E-state index in [2.05, 4.69) is 6.92 Å². The summed E-state index contributed by atoms with van der Waals surface area (Å²) in [4.78, 5) is 34.4. The Kier molecular flexibility index (Phi) is 4.69. The summed E-state index contributed by atoms with van der Waals surface area (Å²) in [7, 11) is 0. The molecule has 1 aromatic carbocycles. The van der Waals surface area contributed by atoms with Crippen molar-refractivity contribution < 1.29 is 14.6 Å². The summed E-state index contributed by atoms with van der Waals surface area (Å²) < 4.78 is 0. The second-order valence-electron chi connectivity index (χ2n) is 5.59. The molecule has 0 spiro atoms. The molecule has 1 aliphatic heterocycles. The van der Waals surface area contributed by atoms with Crippen LogP contribution in [0, 0.1) is 26.1 Å². The third-order valence-corrected chi connectivity index (χ3v) is 3.83. The van der Waals surface area contributed by atoms with E-state index < -0.39 is 9.85 Å². The van der Waals surface area contributed by atoms with E-state index >= 15 is 0 Å². The van der Waals surface area contributed by atoms with Gasteiger partial charge < -0.3 is 4.90 Å². The maximum atomic E-state index is 12.3. The highest BCUT2D eigenvalue weighted by Gasteiger charge is 2.25. The predicted octanol–water partition coefficient (Wildman–Crippen LogP) is 2.30. The Bertz CT molecular complexity index is 616. The van der Waals surface area contributed by atoms with E-state index in [-0.39, 0.29) is 29.3 Å². The van der Waals surface area contributed by atoms with Gasteiger partial charge in [0.05, 0.1) is 22.3 Å². The maximum absolute atomic E-state index is 12.3. The predicted molar refractivity (Wildman–Crippen MR) is 78.4 cm³/mol. The summed E-state index contributed by atoms with van der Waals surface area (Å²) >= 11 is 0. The van der Waals surface area contributed by atoms with E-state index in [1.807, 2.05) is 0 Å². The maximum Gasteiger partial charge on any atom is 0.279 e. The number of carbonyl (C=O) groups excluding carboxylic acids is 1. The van der Waals surface area contributed by atoms with E-state index in [4.69, 9.17) is 0 Å². The highest BCUT2D eigenvalue weighted by molar-refractivity contribution is 5.80. The fourth-order valence-corrected chi connectivity index (χ4v) is 2.68. The summed E-state index contributed by atoms with van der Waals surface area (Å²) in [6.45, 7) is 3.37. The molecular weight excluding hydrogens is 290 g/mol. The van der Waals surface area contributed by atoms with Crippen LogP contribution in [0.5, 0.6) is 0 Å². The first-order valence-electron chi connectivity index (χ1n) is 7.08. The molecule has 1 atom stereocenters. The Morgan fingerprint density at radius 3 is 2.64 bits per heavy atom. The zero-order valence-electron chi connectivity index (χ0n) is 12.2. The van der Waals surface area contributed by atoms with Crippen LogP contribution < -0.4 is 0 Å². The SMILES string of the molecule is CC1CCCN(C(=O)Cc2ccc([N+](=O)[O-])cc2[N+](=O)[O-])C1. The van der Waals surface area contributed by atoms with Gasteiger partial charge in [-0.2, -0.15) is 0 Å². The van der Waals surface area contributed by atoms with Crippen molar-refractivity contribution in [3.8, 4) is 0 Å². The molecule has 1 aromatic rings. The Labute approximate surface area is 127 Å². The molecule has 1 aliphatic rings. The van der Waals surface area contributed by atoms with Gasteiger partial charge in [-0.1, -0.05) is 6.92 Å². The Balaban J connectivity index is 2.19. The average molecular weight is 307 g/mol. The molecule has 0 saturated carbocycles. The Morgan fingerprint density at radius 2 is 2.05 bits per heavy atom. The number of hydrogen-bond acceptors (Lipinski definition) is 5. The summed E-state index contributed by atoms with van der Waals surface area (Å²) in [6.07, 6.45) is 1.89. The average Bonchev–Trinajstić information content (AvgIpc) is 2.47. The number of benzene rings is 1. The van der Waals surface area contributed by atoms with E-state index in [1.54, 1.807) is 4.90 Å². The van der Waals surface area contributed by atoms with Crippen LogP contribution in [0.25, 0.3) is 0 Å². The molecule has 8 heteroatoms. The minimum absolute atomic E-state index is 0.110. The number of nitro benzene ring substituents is 2. The van der Waals surface area contributed by atoms with Gasteiger partial charge in [-0.15, -0.1) is 0 Å². The lowest BCUT2D eigenvalue weighted by molar-refractivity contribution is -0.394. The van der Waals surface area contributed by atoms with Crippen molar-refractivity contribution in [2.45, 2.75) is 26.2 Å². The van der Waals surface area contributed by atoms with Gasteiger partial charge in [0, 0.05) is 24.7 Å². The van der Waals surface area contributed by atoms with Gasteiger partial charge in [-0.05, 0) is 24.8 Å². The third-order valence-electron chi connectivity index (χ3n) is 3.83. The fraction of sp³-hybridized carbons (Fsp3) is 0.500. The lowest BCUT2D eigenvalue weighted by Crippen LogP contribution is -2.40. The second-order valence-corrected chi connectivity index (χ2v) is 5.59. The summed E-state index contributed by atoms with van der Waals surface area (Å²) in [5.74, 6) is 0.244. The van der Waals surface area contributed by atoms with Crippen molar-refractivity contribution >= 4 is 17.3 Å². The zero-order chi connectivity index (χ0) is 16.3. The fourth-order valence-electron chi connectivity index (χ4n) is 2.68. The minimum atomic E-state index is -0.690. The largest absolute Gasteiger partial charge is 0.342 e. The molecule has 1 fully saturated rings. The number of nitrogens with zero attached hydrogens (tertiary/aromatic N) is 3. The molecule has 0 bridgehead atoms. The molecule has 0 N–H and O–H groups in total. The Hall–Kier alpha value is -2.51. The summed E-state index contributed by atoms with van der Waals surface area (Å²) in [5, 5.41) is 21.8. The molecule has 2 rings (SSSR count). The van der Waals surface area contributed by atoms with Gasteiger partial charge >= 0.3 is 0 Å². The normalized spacial score (nSPS) is 18.0. The summed E-state index contributed by atoms with van der Waals surface area (Å²) in [5.41, 5.74) is -0.527. The number of piperidine rings is 1. The quantitative estimate of drug-likeness (QED) is 0.626. The van der Waals surface area contributed by atoms with E-state index in [9.17, 15) is 25.0 Å². The van der Waals surface area contributed by atoms with Crippen molar-refractivity contribution in [2.75, 3.05) is 13.1 Å². The molecule has 1 heterocycles. The molecule has 0 aromatic heterocycles. The van der Waals surface area contributed by atoms with E-state index in [0.717, 1.165) is 18.9 Å². The number of non-ortho nitro benzene ring substituents is 1. The van der Waals surface area contributed by atoms with Crippen LogP contribution in [0.4, 0.5) is 11.4 Å². The van der Waals surface area contributed by atoms with Crippen LogP contribution >= 0.6 is 0 Å². The van der Waals surface area contributed by atoms with Crippen LogP contribution in [-0.2, 0) is 11.2 Å². The third kappa shape index (κ3) is 3.57. The van der Waals surface area contributed by atoms with Crippen LogP contribution in [0.2, 0.25) is 0 Å². The molecule has 1 unspecified atom stereocenters. The second kappa shape index (κ2) is 6.50. The van der Waals surface area contributed by atoms with Gasteiger partial charge in [0.2, 0.25) is 5.91 Å². The van der Waals surface area contributed by atoms with Gasteiger partial charge in [0.15, 0.2) is 0 Å². The van der Waals surface area contributed by atoms with Gasteiger partial charge in [0.25, 0.3) is 11.4 Å². The van der Waals surface area contributed by atoms with Crippen LogP contribution in [-0.4, -0.2) is 33.7 Å². The smallest absolute Gasteiger partial charge is 0.279 e. The molecule has 8 nitrogen and oxygen atoms in total. The van der Waals surface area contributed by atoms with Crippen molar-refractivity contribution in [3.05, 3.63) is 44.0 Å². The van der Waals surface area contributed by atoms with E-state index in [0.29, 0.717) is 19.0 Å². The van der Waals surface area contributed by atoms with Crippen LogP contribution in [0.1, 0.15) is 25.3 Å². The van der Waals surface area contributed by atoms with Crippen LogP contribution in [0.15, 0.2) is 18.2 Å². The molecule has 0 radical (unpaired) electrons. The summed E-state index contributed by atoms with van der Waals surface area (Å²) in [6, 6.07) is 3.39. The topological polar surface area (TPSA) is 107 Å². The first kappa shape index (κ1) is 15.9. The molecule has 0 aliphatic carbocycles. The first-order chi connectivity index (χ1) is 10.4. The van der Waals surface area contributed by atoms with Gasteiger partial charge in [-0.3, -0.25) is 25.0 Å². The molecule has 1 amide bonds. The monoisotopic (exact) mass is 307 g/mol. The lowest BCUT2D eigenvalue weighted by Gasteiger charge is -2.31. The van der Waals surface area contributed by atoms with Gasteiger partial charge in [-0.25, -0.2) is 0 Å². The molecule has 1 saturated heterocycles. The van der Waals surface area contributed by atoms with Crippen molar-refractivity contribution in [3.63, 3.8) is 0 Å². The molecular formula is C14H17N3O5. The van der Waals surface area contributed by atoms with Crippen LogP contribution in [0.3, 0.4) is 0 Å². The van der Waals surface area contributed by atoms with E-state index in [1.165, 1.54) is 12.1 Å². The first-order valence-corrected chi connectivity index (χ1v) is 7.08. The highest BCUT2D eigenvalue weighted by atomic mass is 16.6. The number of carbonyl (C=O) groups is 1. The Morgan fingerprint density at radius 1 is 1.32 bits per heavy atom.